The second kappa shape index (κ2) is 7.48. The Morgan fingerprint density at radius 2 is 2.04 bits per heavy atom. The molecule has 0 aliphatic heterocycles. The number of aromatic nitrogens is 5. The fraction of sp³-hybridized carbons (Fsp3) is 0.300. The van der Waals surface area contributed by atoms with Crippen molar-refractivity contribution in [2.75, 3.05) is 5.32 Å². The van der Waals surface area contributed by atoms with Gasteiger partial charge in [-0.3, -0.25) is 4.98 Å². The van der Waals surface area contributed by atoms with Gasteiger partial charge in [0.15, 0.2) is 17.0 Å². The molecule has 6 nitrogen and oxygen atoms in total. The van der Waals surface area contributed by atoms with Crippen LogP contribution < -0.4 is 5.32 Å². The van der Waals surface area contributed by atoms with Gasteiger partial charge < -0.3 is 9.88 Å². The second-order valence-corrected chi connectivity index (χ2v) is 8.27. The Bertz CT molecular complexity index is 1080. The van der Waals surface area contributed by atoms with Crippen LogP contribution in [0.1, 0.15) is 37.3 Å². The van der Waals surface area contributed by atoms with Crippen LogP contribution in [0.25, 0.3) is 21.7 Å². The molecule has 0 saturated heterocycles. The van der Waals surface area contributed by atoms with Crippen molar-refractivity contribution in [3.8, 4) is 10.6 Å². The van der Waals surface area contributed by atoms with Crippen LogP contribution in [0.2, 0.25) is 5.28 Å². The highest BCUT2D eigenvalue weighted by Gasteiger charge is 2.21. The number of anilines is 1. The minimum Gasteiger partial charge on any atom is -0.364 e. The Morgan fingerprint density at radius 1 is 1.14 bits per heavy atom. The van der Waals surface area contributed by atoms with Gasteiger partial charge in [0.1, 0.15) is 0 Å². The maximum absolute atomic E-state index is 6.20. The zero-order valence-corrected chi connectivity index (χ0v) is 16.7. The van der Waals surface area contributed by atoms with Crippen molar-refractivity contribution in [2.45, 2.75) is 38.3 Å². The first kappa shape index (κ1) is 17.6. The van der Waals surface area contributed by atoms with E-state index in [4.69, 9.17) is 11.6 Å². The van der Waals surface area contributed by atoms with E-state index in [2.05, 4.69) is 47.3 Å². The van der Waals surface area contributed by atoms with Gasteiger partial charge in [-0.15, -0.1) is 11.3 Å². The van der Waals surface area contributed by atoms with E-state index >= 15 is 0 Å². The van der Waals surface area contributed by atoms with Crippen LogP contribution in [0.4, 0.5) is 5.82 Å². The SMILES string of the molecule is Clc1nc(NCc2ccc(-c3cccs3)nc2)c2ncn(C3CCCC3)c2n1. The van der Waals surface area contributed by atoms with E-state index in [1.54, 1.807) is 11.3 Å². The van der Waals surface area contributed by atoms with Crippen LogP contribution in [0.15, 0.2) is 42.2 Å². The van der Waals surface area contributed by atoms with Crippen LogP contribution in [-0.4, -0.2) is 24.5 Å². The highest BCUT2D eigenvalue weighted by molar-refractivity contribution is 7.13. The molecule has 142 valence electrons. The van der Waals surface area contributed by atoms with Gasteiger partial charge in [-0.2, -0.15) is 9.97 Å². The van der Waals surface area contributed by atoms with E-state index in [1.165, 1.54) is 17.7 Å². The van der Waals surface area contributed by atoms with E-state index < -0.39 is 0 Å². The summed E-state index contributed by atoms with van der Waals surface area (Å²) in [7, 11) is 0. The van der Waals surface area contributed by atoms with Gasteiger partial charge in [-0.1, -0.05) is 25.0 Å². The minimum atomic E-state index is 0.237. The maximum atomic E-state index is 6.20. The standard InChI is InChI=1S/C20H19ClN6S/c21-20-25-18(17-19(26-20)27(12-24-17)14-4-1-2-5-14)23-11-13-7-8-15(22-10-13)16-6-3-9-28-16/h3,6-10,12,14H,1-2,4-5,11H2,(H,23,25,26). The zero-order valence-electron chi connectivity index (χ0n) is 15.2. The molecule has 4 aromatic heterocycles. The molecule has 1 fully saturated rings. The molecular weight excluding hydrogens is 392 g/mol. The highest BCUT2D eigenvalue weighted by atomic mass is 35.5. The lowest BCUT2D eigenvalue weighted by Gasteiger charge is -2.12. The summed E-state index contributed by atoms with van der Waals surface area (Å²) in [6.07, 6.45) is 8.59. The maximum Gasteiger partial charge on any atom is 0.226 e. The number of pyridine rings is 1. The average molecular weight is 411 g/mol. The van der Waals surface area contributed by atoms with Crippen LogP contribution >= 0.6 is 22.9 Å². The number of imidazole rings is 1. The number of nitrogens with zero attached hydrogens (tertiary/aromatic N) is 5. The molecule has 4 aromatic rings. The monoisotopic (exact) mass is 410 g/mol. The Kier molecular flexibility index (Phi) is 4.70. The minimum absolute atomic E-state index is 0.237. The molecule has 0 amide bonds. The molecule has 0 radical (unpaired) electrons. The van der Waals surface area contributed by atoms with E-state index in [9.17, 15) is 0 Å². The van der Waals surface area contributed by atoms with Crippen LogP contribution in [0.3, 0.4) is 0 Å². The normalized spacial score (nSPS) is 14.8. The lowest BCUT2D eigenvalue weighted by molar-refractivity contribution is 0.529. The van der Waals surface area contributed by atoms with E-state index in [0.717, 1.165) is 35.3 Å². The summed E-state index contributed by atoms with van der Waals surface area (Å²) in [5, 5.41) is 5.65. The largest absolute Gasteiger partial charge is 0.364 e. The van der Waals surface area contributed by atoms with Crippen LogP contribution in [0.5, 0.6) is 0 Å². The van der Waals surface area contributed by atoms with Crippen molar-refractivity contribution in [3.63, 3.8) is 0 Å². The lowest BCUT2D eigenvalue weighted by atomic mass is 10.2. The quantitative estimate of drug-likeness (QED) is 0.450. The van der Waals surface area contributed by atoms with Gasteiger partial charge in [0.2, 0.25) is 5.28 Å². The predicted molar refractivity (Wildman–Crippen MR) is 113 cm³/mol. The van der Waals surface area contributed by atoms with Gasteiger partial charge in [-0.05, 0) is 47.5 Å². The third-order valence-corrected chi connectivity index (χ3v) is 6.23. The highest BCUT2D eigenvalue weighted by Crippen LogP contribution is 2.33. The molecule has 8 heteroatoms. The third-order valence-electron chi connectivity index (χ3n) is 5.17. The van der Waals surface area contributed by atoms with Crippen molar-refractivity contribution in [1.82, 2.24) is 24.5 Å². The molecule has 0 aromatic carbocycles. The number of nitrogens with one attached hydrogen (secondary N) is 1. The first-order valence-corrected chi connectivity index (χ1v) is 10.7. The van der Waals surface area contributed by atoms with Crippen molar-refractivity contribution in [3.05, 3.63) is 53.0 Å². The molecule has 28 heavy (non-hydrogen) atoms. The van der Waals surface area contributed by atoms with Crippen molar-refractivity contribution in [1.29, 1.82) is 0 Å². The number of rotatable bonds is 5. The van der Waals surface area contributed by atoms with Gasteiger partial charge >= 0.3 is 0 Å². The number of fused-ring (bicyclic) bond motifs is 1. The molecule has 1 aliphatic carbocycles. The molecular formula is C20H19ClN6S. The fourth-order valence-electron chi connectivity index (χ4n) is 3.75. The Hall–Kier alpha value is -2.51. The first-order chi connectivity index (χ1) is 13.8. The summed E-state index contributed by atoms with van der Waals surface area (Å²) in [5.41, 5.74) is 3.62. The molecule has 0 unspecified atom stereocenters. The Labute approximate surface area is 171 Å². The summed E-state index contributed by atoms with van der Waals surface area (Å²) >= 11 is 7.89. The molecule has 0 bridgehead atoms. The molecule has 0 atom stereocenters. The van der Waals surface area contributed by atoms with Gasteiger partial charge in [-0.25, -0.2) is 4.98 Å². The van der Waals surface area contributed by atoms with Gasteiger partial charge in [0.05, 0.1) is 16.9 Å². The average Bonchev–Trinajstić information content (AvgIpc) is 3.47. The van der Waals surface area contributed by atoms with E-state index in [1.807, 2.05) is 24.7 Å². The summed E-state index contributed by atoms with van der Waals surface area (Å²) in [6, 6.07) is 8.68. The number of halogens is 1. The topological polar surface area (TPSA) is 68.5 Å². The Morgan fingerprint density at radius 3 is 2.79 bits per heavy atom. The summed E-state index contributed by atoms with van der Waals surface area (Å²) in [6.45, 7) is 0.594. The summed E-state index contributed by atoms with van der Waals surface area (Å²) in [4.78, 5) is 19.1. The molecule has 4 heterocycles. The second-order valence-electron chi connectivity index (χ2n) is 6.99. The predicted octanol–water partition coefficient (Wildman–Crippen LogP) is 5.33. The number of hydrogen-bond acceptors (Lipinski definition) is 6. The van der Waals surface area contributed by atoms with Crippen molar-refractivity contribution < 1.29 is 0 Å². The lowest BCUT2D eigenvalue weighted by Crippen LogP contribution is -2.06. The van der Waals surface area contributed by atoms with E-state index in [0.29, 0.717) is 18.4 Å². The Balaban J connectivity index is 1.37. The van der Waals surface area contributed by atoms with Crippen molar-refractivity contribution >= 4 is 39.9 Å². The van der Waals surface area contributed by atoms with Crippen LogP contribution in [0, 0.1) is 0 Å². The number of hydrogen-bond donors (Lipinski definition) is 1. The van der Waals surface area contributed by atoms with Crippen LogP contribution in [-0.2, 0) is 6.54 Å². The third kappa shape index (κ3) is 3.36. The fourth-order valence-corrected chi connectivity index (χ4v) is 4.61. The van der Waals surface area contributed by atoms with E-state index in [-0.39, 0.29) is 5.28 Å². The molecule has 1 aliphatic rings. The first-order valence-electron chi connectivity index (χ1n) is 9.41. The summed E-state index contributed by atoms with van der Waals surface area (Å²) < 4.78 is 2.15. The van der Waals surface area contributed by atoms with Gasteiger partial charge in [0, 0.05) is 18.8 Å². The molecule has 0 spiro atoms. The van der Waals surface area contributed by atoms with Crippen molar-refractivity contribution in [2.24, 2.45) is 0 Å². The molecule has 1 saturated carbocycles. The summed E-state index contributed by atoms with van der Waals surface area (Å²) in [5.74, 6) is 0.661. The molecule has 1 N–H and O–H groups in total. The zero-order chi connectivity index (χ0) is 18.9. The molecule has 5 rings (SSSR count). The smallest absolute Gasteiger partial charge is 0.226 e. The number of thiophene rings is 1. The van der Waals surface area contributed by atoms with Gasteiger partial charge in [0.25, 0.3) is 0 Å².